The molecule has 0 amide bonds. The zero-order valence-electron chi connectivity index (χ0n) is 11.9. The molecule has 0 aliphatic carbocycles. The summed E-state index contributed by atoms with van der Waals surface area (Å²) in [6.07, 6.45) is 3.79. The normalized spacial score (nSPS) is 12.9. The van der Waals surface area contributed by atoms with Crippen molar-refractivity contribution < 1.29 is 0 Å². The fourth-order valence-electron chi connectivity index (χ4n) is 2.29. The third kappa shape index (κ3) is 3.43. The van der Waals surface area contributed by atoms with Crippen LogP contribution in [0.2, 0.25) is 0 Å². The minimum absolute atomic E-state index is 0.0338. The Morgan fingerprint density at radius 3 is 2.74 bits per heavy atom. The number of hydrogen-bond acceptors (Lipinski definition) is 3. The van der Waals surface area contributed by atoms with Crippen molar-refractivity contribution in [1.82, 2.24) is 14.5 Å². The maximum atomic E-state index is 6.29. The van der Waals surface area contributed by atoms with E-state index in [4.69, 9.17) is 5.73 Å². The van der Waals surface area contributed by atoms with Gasteiger partial charge in [0.2, 0.25) is 0 Å². The van der Waals surface area contributed by atoms with Crippen LogP contribution in [0.15, 0.2) is 36.7 Å². The van der Waals surface area contributed by atoms with Gasteiger partial charge in [0.15, 0.2) is 0 Å². The van der Waals surface area contributed by atoms with E-state index >= 15 is 0 Å². The summed E-state index contributed by atoms with van der Waals surface area (Å²) in [6.45, 7) is 3.73. The number of nitrogens with two attached hydrogens (primary N) is 1. The van der Waals surface area contributed by atoms with Crippen LogP contribution in [0.3, 0.4) is 0 Å². The van der Waals surface area contributed by atoms with Crippen LogP contribution in [0.5, 0.6) is 0 Å². The minimum atomic E-state index is 0.0338. The number of imidazole rings is 1. The third-order valence-electron chi connectivity index (χ3n) is 3.43. The zero-order chi connectivity index (χ0) is 13.8. The first-order valence-electron chi connectivity index (χ1n) is 6.53. The Balaban J connectivity index is 1.97. The standard InChI is InChI=1S/C15H22N4/c1-12-6-4-5-7-13(12)14(16)10-18(2)11-15-17-8-9-19(15)3/h4-9,14H,10-11,16H2,1-3H3. The maximum absolute atomic E-state index is 6.29. The van der Waals surface area contributed by atoms with E-state index in [0.717, 1.165) is 18.9 Å². The summed E-state index contributed by atoms with van der Waals surface area (Å²) in [4.78, 5) is 6.54. The van der Waals surface area contributed by atoms with Crippen molar-refractivity contribution in [2.75, 3.05) is 13.6 Å². The monoisotopic (exact) mass is 258 g/mol. The lowest BCUT2D eigenvalue weighted by Gasteiger charge is -2.22. The van der Waals surface area contributed by atoms with Gasteiger partial charge in [-0.05, 0) is 25.1 Å². The first-order chi connectivity index (χ1) is 9.08. The van der Waals surface area contributed by atoms with Crippen molar-refractivity contribution in [2.45, 2.75) is 19.5 Å². The van der Waals surface area contributed by atoms with E-state index in [9.17, 15) is 0 Å². The van der Waals surface area contributed by atoms with Crippen LogP contribution in [0.4, 0.5) is 0 Å². The number of aromatic nitrogens is 2. The smallest absolute Gasteiger partial charge is 0.122 e. The van der Waals surface area contributed by atoms with Gasteiger partial charge in [0.05, 0.1) is 6.54 Å². The number of likely N-dealkylation sites (N-methyl/N-ethyl adjacent to an activating group) is 1. The van der Waals surface area contributed by atoms with Gasteiger partial charge in [0.1, 0.15) is 5.82 Å². The quantitative estimate of drug-likeness (QED) is 0.890. The molecule has 0 saturated carbocycles. The van der Waals surface area contributed by atoms with Crippen molar-refractivity contribution in [3.8, 4) is 0 Å². The van der Waals surface area contributed by atoms with E-state index in [0.29, 0.717) is 0 Å². The van der Waals surface area contributed by atoms with Crippen molar-refractivity contribution in [3.63, 3.8) is 0 Å². The summed E-state index contributed by atoms with van der Waals surface area (Å²) in [5.41, 5.74) is 8.76. The molecule has 4 nitrogen and oxygen atoms in total. The molecule has 19 heavy (non-hydrogen) atoms. The van der Waals surface area contributed by atoms with E-state index < -0.39 is 0 Å². The molecule has 0 spiro atoms. The van der Waals surface area contributed by atoms with Crippen LogP contribution in [0, 0.1) is 6.92 Å². The Labute approximate surface area is 114 Å². The predicted octanol–water partition coefficient (Wildman–Crippen LogP) is 1.86. The SMILES string of the molecule is Cc1ccccc1C(N)CN(C)Cc1nccn1C. The Bertz CT molecular complexity index is 532. The summed E-state index contributed by atoms with van der Waals surface area (Å²) in [5, 5.41) is 0. The highest BCUT2D eigenvalue weighted by Crippen LogP contribution is 2.16. The predicted molar refractivity (Wildman–Crippen MR) is 77.6 cm³/mol. The van der Waals surface area contributed by atoms with E-state index in [1.807, 2.05) is 36.1 Å². The van der Waals surface area contributed by atoms with Gasteiger partial charge in [0.25, 0.3) is 0 Å². The molecular weight excluding hydrogens is 236 g/mol. The summed E-state index contributed by atoms with van der Waals surface area (Å²) in [6, 6.07) is 8.33. The second-order valence-corrected chi connectivity index (χ2v) is 5.11. The molecule has 2 N–H and O–H groups in total. The van der Waals surface area contributed by atoms with E-state index in [-0.39, 0.29) is 6.04 Å². The lowest BCUT2D eigenvalue weighted by atomic mass is 10.0. The fourth-order valence-corrected chi connectivity index (χ4v) is 2.29. The van der Waals surface area contributed by atoms with Gasteiger partial charge in [-0.3, -0.25) is 4.90 Å². The van der Waals surface area contributed by atoms with E-state index in [1.165, 1.54) is 11.1 Å². The molecule has 0 aliphatic heterocycles. The number of benzene rings is 1. The number of nitrogens with zero attached hydrogens (tertiary/aromatic N) is 3. The lowest BCUT2D eigenvalue weighted by molar-refractivity contribution is 0.294. The Morgan fingerprint density at radius 2 is 2.11 bits per heavy atom. The summed E-state index contributed by atoms with van der Waals surface area (Å²) >= 11 is 0. The molecule has 0 fully saturated rings. The van der Waals surface area contributed by atoms with Crippen molar-refractivity contribution >= 4 is 0 Å². The summed E-state index contributed by atoms with van der Waals surface area (Å²) < 4.78 is 2.04. The highest BCUT2D eigenvalue weighted by Gasteiger charge is 2.12. The number of rotatable bonds is 5. The van der Waals surface area contributed by atoms with Gasteiger partial charge in [-0.1, -0.05) is 24.3 Å². The molecular formula is C15H22N4. The fraction of sp³-hybridized carbons (Fsp3) is 0.400. The summed E-state index contributed by atoms with van der Waals surface area (Å²) in [7, 11) is 4.09. The largest absolute Gasteiger partial charge is 0.337 e. The second-order valence-electron chi connectivity index (χ2n) is 5.11. The number of aryl methyl sites for hydroxylation is 2. The maximum Gasteiger partial charge on any atom is 0.122 e. The molecule has 0 radical (unpaired) electrons. The first kappa shape index (κ1) is 13.8. The Morgan fingerprint density at radius 1 is 1.37 bits per heavy atom. The molecule has 0 bridgehead atoms. The van der Waals surface area contributed by atoms with Crippen LogP contribution in [-0.4, -0.2) is 28.0 Å². The molecule has 1 atom stereocenters. The molecule has 1 unspecified atom stereocenters. The van der Waals surface area contributed by atoms with Crippen LogP contribution in [0.1, 0.15) is 23.0 Å². The van der Waals surface area contributed by atoms with Gasteiger partial charge in [-0.15, -0.1) is 0 Å². The van der Waals surface area contributed by atoms with Gasteiger partial charge >= 0.3 is 0 Å². The minimum Gasteiger partial charge on any atom is -0.337 e. The van der Waals surface area contributed by atoms with Gasteiger partial charge in [-0.2, -0.15) is 0 Å². The van der Waals surface area contributed by atoms with Crippen molar-refractivity contribution in [3.05, 3.63) is 53.6 Å². The van der Waals surface area contributed by atoms with Crippen LogP contribution in [0.25, 0.3) is 0 Å². The second kappa shape index (κ2) is 5.99. The molecule has 0 aliphatic rings. The average Bonchev–Trinajstić information content (AvgIpc) is 2.75. The topological polar surface area (TPSA) is 47.1 Å². The average molecular weight is 258 g/mol. The first-order valence-corrected chi connectivity index (χ1v) is 6.53. The molecule has 102 valence electrons. The van der Waals surface area contributed by atoms with Gasteiger partial charge in [0, 0.05) is 32.0 Å². The lowest BCUT2D eigenvalue weighted by Crippen LogP contribution is -2.30. The molecule has 0 saturated heterocycles. The molecule has 2 rings (SSSR count). The zero-order valence-corrected chi connectivity index (χ0v) is 11.9. The van der Waals surface area contributed by atoms with E-state index in [1.54, 1.807) is 0 Å². The van der Waals surface area contributed by atoms with Crippen molar-refractivity contribution in [1.29, 1.82) is 0 Å². The molecule has 1 aromatic carbocycles. The summed E-state index contributed by atoms with van der Waals surface area (Å²) in [5.74, 6) is 1.06. The third-order valence-corrected chi connectivity index (χ3v) is 3.43. The highest BCUT2D eigenvalue weighted by molar-refractivity contribution is 5.28. The number of hydrogen-bond donors (Lipinski definition) is 1. The molecule has 1 aromatic heterocycles. The Kier molecular flexibility index (Phi) is 4.35. The van der Waals surface area contributed by atoms with Crippen LogP contribution >= 0.6 is 0 Å². The van der Waals surface area contributed by atoms with Gasteiger partial charge in [-0.25, -0.2) is 4.98 Å². The van der Waals surface area contributed by atoms with Crippen LogP contribution < -0.4 is 5.73 Å². The Hall–Kier alpha value is -1.65. The molecule has 2 aromatic rings. The van der Waals surface area contributed by atoms with Crippen molar-refractivity contribution in [2.24, 2.45) is 12.8 Å². The molecule has 4 heteroatoms. The van der Waals surface area contributed by atoms with Gasteiger partial charge < -0.3 is 10.3 Å². The van der Waals surface area contributed by atoms with Crippen LogP contribution in [-0.2, 0) is 13.6 Å². The molecule has 1 heterocycles. The highest BCUT2D eigenvalue weighted by atomic mass is 15.2. The van der Waals surface area contributed by atoms with E-state index in [2.05, 4.69) is 36.0 Å².